The maximum Gasteiger partial charge on any atom is 0.262 e. The van der Waals surface area contributed by atoms with Crippen molar-refractivity contribution in [3.05, 3.63) is 99.4 Å². The van der Waals surface area contributed by atoms with Crippen LogP contribution in [0.4, 0.5) is 10.8 Å². The van der Waals surface area contributed by atoms with E-state index in [2.05, 4.69) is 30.4 Å². The van der Waals surface area contributed by atoms with Gasteiger partial charge in [-0.1, -0.05) is 31.2 Å². The van der Waals surface area contributed by atoms with Gasteiger partial charge >= 0.3 is 0 Å². The van der Waals surface area contributed by atoms with Crippen LogP contribution in [0.1, 0.15) is 51.7 Å². The summed E-state index contributed by atoms with van der Waals surface area (Å²) in [4.78, 5) is 24.5. The van der Waals surface area contributed by atoms with E-state index in [1.165, 1.54) is 35.3 Å². The molecule has 1 amide bonds. The fraction of sp³-hybridized carbons (Fsp3) is 0.242. The molecule has 5 aromatic rings. The van der Waals surface area contributed by atoms with Crippen LogP contribution in [0.3, 0.4) is 0 Å². The van der Waals surface area contributed by atoms with E-state index in [9.17, 15) is 4.79 Å². The third-order valence-corrected chi connectivity index (χ3v) is 8.41. The third kappa shape index (κ3) is 5.29. The zero-order valence-corrected chi connectivity index (χ0v) is 23.7. The lowest BCUT2D eigenvalue weighted by Crippen LogP contribution is -2.21. The molecule has 1 aliphatic carbocycles. The van der Waals surface area contributed by atoms with Gasteiger partial charge in [0.1, 0.15) is 16.9 Å². The molecule has 2 heterocycles. The Hall–Kier alpha value is -4.23. The molecule has 0 atom stereocenters. The predicted molar refractivity (Wildman–Crippen MR) is 161 cm³/mol. The molecule has 3 aromatic carbocycles. The van der Waals surface area contributed by atoms with Crippen molar-refractivity contribution in [2.45, 2.75) is 46.0 Å². The Bertz CT molecular complexity index is 1800. The molecule has 1 N–H and O–H groups in total. The molecule has 2 aromatic heterocycles. The van der Waals surface area contributed by atoms with Crippen molar-refractivity contribution in [2.75, 3.05) is 12.4 Å². The number of thiazole rings is 1. The summed E-state index contributed by atoms with van der Waals surface area (Å²) in [6, 6.07) is 21.8. The van der Waals surface area contributed by atoms with Crippen LogP contribution >= 0.6 is 11.3 Å². The van der Waals surface area contributed by atoms with Crippen LogP contribution in [0.25, 0.3) is 22.2 Å². The Morgan fingerprint density at radius 3 is 2.70 bits per heavy atom. The fourth-order valence-electron chi connectivity index (χ4n) is 5.21. The Balaban J connectivity index is 1.39. The average Bonchev–Trinajstić information content (AvgIpc) is 3.39. The zero-order chi connectivity index (χ0) is 27.6. The number of fused-ring (bicyclic) bond motifs is 2. The molecule has 6 rings (SSSR count). The molecule has 0 radical (unpaired) electrons. The number of ether oxygens (including phenoxy) is 1. The second-order valence-corrected chi connectivity index (χ2v) is 11.2. The smallest absolute Gasteiger partial charge is 0.262 e. The minimum absolute atomic E-state index is 0.239. The topological polar surface area (TPSA) is 76.7 Å². The van der Waals surface area contributed by atoms with Crippen molar-refractivity contribution >= 4 is 39.0 Å². The molecular formula is C33H31N3O3S. The summed E-state index contributed by atoms with van der Waals surface area (Å²) < 4.78 is 11.6. The number of methoxy groups -OCH3 is 1. The number of anilines is 1. The molecule has 1 aliphatic rings. The molecule has 0 fully saturated rings. The van der Waals surface area contributed by atoms with Crippen molar-refractivity contribution < 1.29 is 13.9 Å². The Morgan fingerprint density at radius 1 is 1.05 bits per heavy atom. The maximum absolute atomic E-state index is 13.7. The van der Waals surface area contributed by atoms with Crippen LogP contribution in [-0.4, -0.2) is 18.0 Å². The van der Waals surface area contributed by atoms with Gasteiger partial charge in [-0.15, -0.1) is 11.3 Å². The summed E-state index contributed by atoms with van der Waals surface area (Å²) in [5, 5.41) is 4.34. The number of carbonyl (C=O) groups is 1. The van der Waals surface area contributed by atoms with E-state index >= 15 is 0 Å². The van der Waals surface area contributed by atoms with Crippen LogP contribution < -0.4 is 15.6 Å². The molecule has 0 unspecified atom stereocenters. The normalized spacial score (nSPS) is 13.3. The van der Waals surface area contributed by atoms with Crippen LogP contribution in [0.5, 0.6) is 5.75 Å². The van der Waals surface area contributed by atoms with E-state index < -0.39 is 0 Å². The number of aromatic nitrogens is 1. The monoisotopic (exact) mass is 549 g/mol. The highest BCUT2D eigenvalue weighted by Crippen LogP contribution is 2.34. The highest BCUT2D eigenvalue weighted by atomic mass is 32.1. The van der Waals surface area contributed by atoms with Crippen molar-refractivity contribution in [3.63, 3.8) is 0 Å². The maximum atomic E-state index is 13.7. The summed E-state index contributed by atoms with van der Waals surface area (Å²) in [6.45, 7) is 4.12. The average molecular weight is 550 g/mol. The Labute approximate surface area is 237 Å². The number of nitrogens with one attached hydrogen (secondary N) is 1. The SMILES string of the molecule is CCc1sc(NC(=O)c2cc3cc(OC)ccc3oc2=Nc2cccc(C)c2)nc1-c1ccc2c(c1)CCCC2. The number of rotatable bonds is 6. The van der Waals surface area contributed by atoms with Gasteiger partial charge in [-0.05, 0) is 98.2 Å². The second kappa shape index (κ2) is 11.1. The van der Waals surface area contributed by atoms with Crippen molar-refractivity contribution in [3.8, 4) is 17.0 Å². The lowest BCUT2D eigenvalue weighted by Gasteiger charge is -2.16. The zero-order valence-electron chi connectivity index (χ0n) is 22.9. The van der Waals surface area contributed by atoms with Crippen molar-refractivity contribution in [2.24, 2.45) is 4.99 Å². The number of carbonyl (C=O) groups excluding carboxylic acids is 1. The molecule has 7 heteroatoms. The van der Waals surface area contributed by atoms with Crippen LogP contribution in [0.15, 0.2) is 76.1 Å². The molecule has 0 saturated carbocycles. The molecular weight excluding hydrogens is 518 g/mol. The van der Waals surface area contributed by atoms with Crippen molar-refractivity contribution in [1.82, 2.24) is 4.98 Å². The minimum Gasteiger partial charge on any atom is -0.497 e. The van der Waals surface area contributed by atoms with Gasteiger partial charge in [-0.2, -0.15) is 0 Å². The molecule has 6 nitrogen and oxygen atoms in total. The van der Waals surface area contributed by atoms with Gasteiger partial charge in [-0.25, -0.2) is 9.98 Å². The molecule has 40 heavy (non-hydrogen) atoms. The molecule has 0 saturated heterocycles. The van der Waals surface area contributed by atoms with Gasteiger partial charge in [0.25, 0.3) is 5.91 Å². The Kier molecular flexibility index (Phi) is 7.22. The molecule has 0 bridgehead atoms. The third-order valence-electron chi connectivity index (χ3n) is 7.29. The highest BCUT2D eigenvalue weighted by molar-refractivity contribution is 7.16. The van der Waals surface area contributed by atoms with Gasteiger partial charge in [0.05, 0.1) is 18.5 Å². The lowest BCUT2D eigenvalue weighted by atomic mass is 9.90. The van der Waals surface area contributed by atoms with E-state index in [1.54, 1.807) is 13.2 Å². The number of nitrogens with zero attached hydrogens (tertiary/aromatic N) is 2. The van der Waals surface area contributed by atoms with Gasteiger partial charge in [0, 0.05) is 15.8 Å². The van der Waals surface area contributed by atoms with Gasteiger partial charge in [0.2, 0.25) is 5.55 Å². The quantitative estimate of drug-likeness (QED) is 0.234. The first-order valence-electron chi connectivity index (χ1n) is 13.7. The van der Waals surface area contributed by atoms with E-state index in [-0.39, 0.29) is 11.5 Å². The van der Waals surface area contributed by atoms with Crippen molar-refractivity contribution in [1.29, 1.82) is 0 Å². The van der Waals surface area contributed by atoms with Gasteiger partial charge in [-0.3, -0.25) is 10.1 Å². The predicted octanol–water partition coefficient (Wildman–Crippen LogP) is 7.80. The number of hydrogen-bond donors (Lipinski definition) is 1. The second-order valence-electron chi connectivity index (χ2n) is 10.1. The van der Waals surface area contributed by atoms with E-state index in [0.717, 1.165) is 46.3 Å². The lowest BCUT2D eigenvalue weighted by molar-refractivity contribution is 0.102. The van der Waals surface area contributed by atoms with E-state index in [1.807, 2.05) is 49.4 Å². The summed E-state index contributed by atoms with van der Waals surface area (Å²) in [5.74, 6) is 0.355. The first-order chi connectivity index (χ1) is 19.5. The van der Waals surface area contributed by atoms with E-state index in [4.69, 9.17) is 19.1 Å². The summed E-state index contributed by atoms with van der Waals surface area (Å²) in [5.41, 5.74) is 7.87. The van der Waals surface area contributed by atoms with Crippen LogP contribution in [0.2, 0.25) is 0 Å². The van der Waals surface area contributed by atoms with Gasteiger partial charge in [0.15, 0.2) is 5.13 Å². The Morgan fingerprint density at radius 2 is 1.90 bits per heavy atom. The number of hydrogen-bond acceptors (Lipinski definition) is 6. The summed E-state index contributed by atoms with van der Waals surface area (Å²) >= 11 is 1.51. The minimum atomic E-state index is -0.326. The van der Waals surface area contributed by atoms with E-state index in [0.29, 0.717) is 27.7 Å². The standard InChI is InChI=1S/C33H31N3O3S/c1-4-29-30(23-13-12-21-9-5-6-10-22(21)17-23)35-33(40-29)36-31(37)27-19-24-18-26(38-3)14-15-28(24)39-32(27)34-25-11-7-8-20(2)16-25/h7-8,11-19H,4-6,9-10H2,1-3H3,(H,35,36,37). The highest BCUT2D eigenvalue weighted by Gasteiger charge is 2.19. The number of amides is 1. The molecule has 0 spiro atoms. The fourth-order valence-corrected chi connectivity index (χ4v) is 6.13. The van der Waals surface area contributed by atoms with Crippen LogP contribution in [0, 0.1) is 6.92 Å². The largest absolute Gasteiger partial charge is 0.497 e. The summed E-state index contributed by atoms with van der Waals surface area (Å²) in [6.07, 6.45) is 5.58. The first-order valence-corrected chi connectivity index (χ1v) is 14.5. The van der Waals surface area contributed by atoms with Crippen LogP contribution in [-0.2, 0) is 19.3 Å². The molecule has 0 aliphatic heterocycles. The number of aryl methyl sites for hydroxylation is 4. The number of benzene rings is 3. The summed E-state index contributed by atoms with van der Waals surface area (Å²) in [7, 11) is 1.61. The molecule has 202 valence electrons. The first kappa shape index (κ1) is 26.0. The van der Waals surface area contributed by atoms with Gasteiger partial charge < -0.3 is 9.15 Å².